The minimum atomic E-state index is 0.573. The molecule has 3 aromatic rings. The number of anilines is 2. The van der Waals surface area contributed by atoms with E-state index in [1.807, 2.05) is 24.4 Å². The fourth-order valence-corrected chi connectivity index (χ4v) is 2.62. The zero-order valence-electron chi connectivity index (χ0n) is 12.6. The molecule has 2 radical (unpaired) electrons. The number of nitrogens with zero attached hydrogens (tertiary/aromatic N) is 5. The van der Waals surface area contributed by atoms with E-state index in [0.717, 1.165) is 30.3 Å². The van der Waals surface area contributed by atoms with E-state index in [1.54, 1.807) is 16.9 Å². The maximum absolute atomic E-state index is 6.00. The Balaban J connectivity index is 1.69. The average molecular weight is 302 g/mol. The summed E-state index contributed by atoms with van der Waals surface area (Å²) in [7, 11) is 6.00. The van der Waals surface area contributed by atoms with Crippen molar-refractivity contribution in [1.82, 2.24) is 19.6 Å². The van der Waals surface area contributed by atoms with E-state index >= 15 is 0 Å². The molecule has 0 saturated carbocycles. The van der Waals surface area contributed by atoms with Gasteiger partial charge in [-0.25, -0.2) is 4.98 Å². The monoisotopic (exact) mass is 302 g/mol. The van der Waals surface area contributed by atoms with Crippen LogP contribution in [0.3, 0.4) is 0 Å². The molecule has 0 spiro atoms. The van der Waals surface area contributed by atoms with Gasteiger partial charge in [-0.05, 0) is 17.1 Å². The maximum Gasteiger partial charge on any atom is 0.152 e. The van der Waals surface area contributed by atoms with E-state index in [0.29, 0.717) is 17.7 Å². The molecule has 7 heteroatoms. The van der Waals surface area contributed by atoms with Crippen molar-refractivity contribution >= 4 is 30.6 Å². The van der Waals surface area contributed by atoms with Gasteiger partial charge in [-0.3, -0.25) is 4.98 Å². The lowest BCUT2D eigenvalue weighted by Gasteiger charge is -2.18. The van der Waals surface area contributed by atoms with Crippen LogP contribution in [0, 0.1) is 0 Å². The van der Waals surface area contributed by atoms with E-state index in [4.69, 9.17) is 7.85 Å². The van der Waals surface area contributed by atoms with Gasteiger partial charge in [0.1, 0.15) is 19.5 Å². The maximum atomic E-state index is 6.00. The normalized spacial score (nSPS) is 13.8. The summed E-state index contributed by atoms with van der Waals surface area (Å²) in [5, 5.41) is 7.71. The van der Waals surface area contributed by atoms with Crippen molar-refractivity contribution in [3.63, 3.8) is 0 Å². The fourth-order valence-electron chi connectivity index (χ4n) is 2.62. The van der Waals surface area contributed by atoms with Crippen molar-refractivity contribution in [3.05, 3.63) is 54.5 Å². The highest BCUT2D eigenvalue weighted by Crippen LogP contribution is 2.20. The summed E-state index contributed by atoms with van der Waals surface area (Å²) < 4.78 is 1.73. The van der Waals surface area contributed by atoms with Gasteiger partial charge in [0.25, 0.3) is 0 Å². The Hall–Kier alpha value is -2.83. The summed E-state index contributed by atoms with van der Waals surface area (Å²) in [5.41, 5.74) is 2.34. The molecule has 0 aromatic carbocycles. The van der Waals surface area contributed by atoms with Gasteiger partial charge in [0.05, 0.1) is 0 Å². The molecule has 0 unspecified atom stereocenters. The Bertz CT molecular complexity index is 850. The van der Waals surface area contributed by atoms with Gasteiger partial charge in [0, 0.05) is 44.3 Å². The minimum Gasteiger partial charge on any atom is -0.366 e. The van der Waals surface area contributed by atoms with Gasteiger partial charge in [0.2, 0.25) is 0 Å². The zero-order chi connectivity index (χ0) is 15.6. The predicted octanol–water partition coefficient (Wildman–Crippen LogP) is 0.906. The van der Waals surface area contributed by atoms with E-state index in [2.05, 4.69) is 37.4 Å². The van der Waals surface area contributed by atoms with Crippen molar-refractivity contribution < 1.29 is 0 Å². The molecule has 112 valence electrons. The number of hydrogen-bond acceptors (Lipinski definition) is 5. The lowest BCUT2D eigenvalue weighted by molar-refractivity contribution is 0.902. The van der Waals surface area contributed by atoms with Crippen molar-refractivity contribution in [2.45, 2.75) is 6.54 Å². The largest absolute Gasteiger partial charge is 0.366 e. The Morgan fingerprint density at radius 1 is 1.22 bits per heavy atom. The molecule has 1 aliphatic heterocycles. The predicted molar refractivity (Wildman–Crippen MR) is 91.3 cm³/mol. The molecule has 3 aromatic heterocycles. The Kier molecular flexibility index (Phi) is 3.46. The SMILES string of the molecule is [B]c1cnn2c(NCc3cccnc3)cc(N3CC=CC3)nc12. The van der Waals surface area contributed by atoms with Crippen LogP contribution in [0.4, 0.5) is 11.6 Å². The first-order valence-corrected chi connectivity index (χ1v) is 7.48. The quantitative estimate of drug-likeness (QED) is 0.573. The molecule has 0 atom stereocenters. The van der Waals surface area contributed by atoms with Crippen LogP contribution < -0.4 is 15.7 Å². The highest BCUT2D eigenvalue weighted by molar-refractivity contribution is 6.36. The average Bonchev–Trinajstić information content (AvgIpc) is 3.24. The van der Waals surface area contributed by atoms with Crippen LogP contribution >= 0.6 is 0 Å². The summed E-state index contributed by atoms with van der Waals surface area (Å²) in [6.45, 7) is 2.38. The topological polar surface area (TPSA) is 58.4 Å². The molecule has 6 nitrogen and oxygen atoms in total. The number of aromatic nitrogens is 4. The molecule has 23 heavy (non-hydrogen) atoms. The summed E-state index contributed by atoms with van der Waals surface area (Å²) in [5.74, 6) is 1.75. The highest BCUT2D eigenvalue weighted by Gasteiger charge is 2.14. The molecule has 0 bridgehead atoms. The number of nitrogens with one attached hydrogen (secondary N) is 1. The molecule has 0 saturated heterocycles. The van der Waals surface area contributed by atoms with Crippen molar-refractivity contribution in [2.75, 3.05) is 23.3 Å². The fraction of sp³-hybridized carbons (Fsp3) is 0.188. The third kappa shape index (κ3) is 2.65. The lowest BCUT2D eigenvalue weighted by atomic mass is 10.0. The lowest BCUT2D eigenvalue weighted by Crippen LogP contribution is -2.21. The van der Waals surface area contributed by atoms with E-state index in [9.17, 15) is 0 Å². The van der Waals surface area contributed by atoms with E-state index < -0.39 is 0 Å². The zero-order valence-corrected chi connectivity index (χ0v) is 12.6. The van der Waals surface area contributed by atoms with Gasteiger partial charge >= 0.3 is 0 Å². The second kappa shape index (κ2) is 5.76. The summed E-state index contributed by atoms with van der Waals surface area (Å²) in [6, 6.07) is 5.95. The third-order valence-electron chi connectivity index (χ3n) is 3.82. The first kappa shape index (κ1) is 13.8. The highest BCUT2D eigenvalue weighted by atomic mass is 15.3. The Morgan fingerprint density at radius 3 is 2.87 bits per heavy atom. The summed E-state index contributed by atoms with van der Waals surface area (Å²) in [4.78, 5) is 11.0. The third-order valence-corrected chi connectivity index (χ3v) is 3.82. The summed E-state index contributed by atoms with van der Waals surface area (Å²) >= 11 is 0. The molecule has 0 amide bonds. The smallest absolute Gasteiger partial charge is 0.152 e. The Labute approximate surface area is 135 Å². The standard InChI is InChI=1S/C16H15BN6/c17-13-11-20-23-14(19-10-12-4-3-5-18-9-12)8-15(21-16(13)23)22-6-1-2-7-22/h1-5,8-9,11,19H,6-7,10H2. The van der Waals surface area contributed by atoms with Gasteiger partial charge in [0.15, 0.2) is 5.65 Å². The summed E-state index contributed by atoms with van der Waals surface area (Å²) in [6.07, 6.45) is 9.50. The molecule has 1 aliphatic rings. The number of fused-ring (bicyclic) bond motifs is 1. The number of rotatable bonds is 4. The second-order valence-corrected chi connectivity index (χ2v) is 5.43. The molecular formula is C16H15BN6. The second-order valence-electron chi connectivity index (χ2n) is 5.43. The van der Waals surface area contributed by atoms with Crippen molar-refractivity contribution in [2.24, 2.45) is 0 Å². The van der Waals surface area contributed by atoms with Gasteiger partial charge in [-0.15, -0.1) is 0 Å². The first-order chi connectivity index (χ1) is 11.3. The molecule has 1 N–H and O–H groups in total. The molecule has 4 rings (SSSR count). The van der Waals surface area contributed by atoms with Crippen LogP contribution in [0.2, 0.25) is 0 Å². The van der Waals surface area contributed by atoms with Gasteiger partial charge in [-0.1, -0.05) is 18.2 Å². The van der Waals surface area contributed by atoms with Crippen LogP contribution in [0.1, 0.15) is 5.56 Å². The van der Waals surface area contributed by atoms with Gasteiger partial charge in [-0.2, -0.15) is 9.61 Å². The van der Waals surface area contributed by atoms with Crippen LogP contribution in [0.25, 0.3) is 5.65 Å². The minimum absolute atomic E-state index is 0.573. The molecule has 0 fully saturated rings. The first-order valence-electron chi connectivity index (χ1n) is 7.48. The molecule has 0 aliphatic carbocycles. The Morgan fingerprint density at radius 2 is 2.09 bits per heavy atom. The number of pyridine rings is 1. The van der Waals surface area contributed by atoms with E-state index in [-0.39, 0.29) is 0 Å². The van der Waals surface area contributed by atoms with E-state index in [1.165, 1.54) is 0 Å². The van der Waals surface area contributed by atoms with Crippen LogP contribution in [-0.2, 0) is 6.54 Å². The van der Waals surface area contributed by atoms with Crippen LogP contribution in [0.5, 0.6) is 0 Å². The van der Waals surface area contributed by atoms with Gasteiger partial charge < -0.3 is 10.2 Å². The molecular weight excluding hydrogens is 287 g/mol. The van der Waals surface area contributed by atoms with Crippen LogP contribution in [0.15, 0.2) is 48.9 Å². The van der Waals surface area contributed by atoms with Crippen molar-refractivity contribution in [3.8, 4) is 0 Å². The van der Waals surface area contributed by atoms with Crippen molar-refractivity contribution in [1.29, 1.82) is 0 Å². The van der Waals surface area contributed by atoms with Crippen LogP contribution in [-0.4, -0.2) is 40.5 Å². The number of hydrogen-bond donors (Lipinski definition) is 1. The molecule has 4 heterocycles.